The predicted octanol–water partition coefficient (Wildman–Crippen LogP) is 2.28. The zero-order valence-electron chi connectivity index (χ0n) is 10.7. The maximum atomic E-state index is 13.6. The fourth-order valence-electron chi connectivity index (χ4n) is 2.28. The quantitative estimate of drug-likeness (QED) is 0.894. The lowest BCUT2D eigenvalue weighted by molar-refractivity contribution is -0.121. The van der Waals surface area contributed by atoms with Crippen molar-refractivity contribution in [3.8, 4) is 0 Å². The zero-order valence-corrected chi connectivity index (χ0v) is 11.5. The topological polar surface area (TPSA) is 41.1 Å². The molecule has 0 saturated carbocycles. The molecule has 1 aliphatic rings. The zero-order chi connectivity index (χ0) is 13.7. The Hall–Kier alpha value is -1.13. The van der Waals surface area contributed by atoms with Gasteiger partial charge in [0, 0.05) is 23.2 Å². The molecular weight excluding hydrogens is 267 g/mol. The summed E-state index contributed by atoms with van der Waals surface area (Å²) in [5, 5.41) is 6.51. The Morgan fingerprint density at radius 1 is 1.47 bits per heavy atom. The average Bonchev–Trinajstić information content (AvgIpc) is 2.63. The van der Waals surface area contributed by atoms with Gasteiger partial charge in [0.05, 0.1) is 6.42 Å². The third-order valence-electron chi connectivity index (χ3n) is 3.31. The van der Waals surface area contributed by atoms with Crippen molar-refractivity contribution in [2.45, 2.75) is 31.7 Å². The lowest BCUT2D eigenvalue weighted by Gasteiger charge is -2.16. The van der Waals surface area contributed by atoms with E-state index in [1.807, 2.05) is 0 Å². The fraction of sp³-hybridized carbons (Fsp3) is 0.500. The monoisotopic (exact) mass is 284 g/mol. The highest BCUT2D eigenvalue weighted by Crippen LogP contribution is 2.19. The minimum absolute atomic E-state index is 0.0119. The van der Waals surface area contributed by atoms with Crippen LogP contribution in [0.5, 0.6) is 0 Å². The highest BCUT2D eigenvalue weighted by atomic mass is 35.5. The summed E-state index contributed by atoms with van der Waals surface area (Å²) < 4.78 is 13.6. The number of halogens is 2. The molecular formula is C14H18ClFN2O. The number of benzene rings is 1. The summed E-state index contributed by atoms with van der Waals surface area (Å²) in [7, 11) is 0. The maximum Gasteiger partial charge on any atom is 0.224 e. The maximum absolute atomic E-state index is 13.6. The van der Waals surface area contributed by atoms with E-state index >= 15 is 0 Å². The van der Waals surface area contributed by atoms with Crippen LogP contribution < -0.4 is 10.6 Å². The third-order valence-corrected chi connectivity index (χ3v) is 3.67. The molecule has 3 nitrogen and oxygen atoms in total. The first-order chi connectivity index (χ1) is 9.16. The summed E-state index contributed by atoms with van der Waals surface area (Å²) in [5.41, 5.74) is 0.267. The number of hydrogen-bond donors (Lipinski definition) is 2. The van der Waals surface area contributed by atoms with Gasteiger partial charge in [-0.15, -0.1) is 0 Å². The SMILES string of the molecule is O=C(Cc1c(F)cccc1Cl)NC1CCCCNC1. The molecule has 1 aromatic rings. The van der Waals surface area contributed by atoms with Crippen LogP contribution in [0.4, 0.5) is 4.39 Å². The molecule has 1 unspecified atom stereocenters. The Labute approximate surface area is 117 Å². The first kappa shape index (κ1) is 14.3. The van der Waals surface area contributed by atoms with Crippen LogP contribution in [-0.4, -0.2) is 25.0 Å². The summed E-state index contributed by atoms with van der Waals surface area (Å²) in [6.07, 6.45) is 3.18. The Morgan fingerprint density at radius 3 is 3.11 bits per heavy atom. The average molecular weight is 285 g/mol. The van der Waals surface area contributed by atoms with Gasteiger partial charge in [-0.1, -0.05) is 24.1 Å². The number of amides is 1. The van der Waals surface area contributed by atoms with E-state index < -0.39 is 5.82 Å². The predicted molar refractivity (Wildman–Crippen MR) is 73.8 cm³/mol. The van der Waals surface area contributed by atoms with Crippen molar-refractivity contribution in [2.75, 3.05) is 13.1 Å². The van der Waals surface area contributed by atoms with E-state index in [1.54, 1.807) is 6.07 Å². The lowest BCUT2D eigenvalue weighted by atomic mass is 10.1. The molecule has 0 spiro atoms. The van der Waals surface area contributed by atoms with E-state index in [9.17, 15) is 9.18 Å². The van der Waals surface area contributed by atoms with E-state index in [0.717, 1.165) is 32.4 Å². The van der Waals surface area contributed by atoms with Crippen LogP contribution >= 0.6 is 11.6 Å². The summed E-state index contributed by atoms with van der Waals surface area (Å²) in [6.45, 7) is 1.77. The molecule has 1 fully saturated rings. The van der Waals surface area contributed by atoms with Gasteiger partial charge in [0.25, 0.3) is 0 Å². The van der Waals surface area contributed by atoms with Gasteiger partial charge in [0.15, 0.2) is 0 Å². The molecule has 0 bridgehead atoms. The van der Waals surface area contributed by atoms with Crippen molar-refractivity contribution in [3.63, 3.8) is 0 Å². The van der Waals surface area contributed by atoms with Gasteiger partial charge in [-0.2, -0.15) is 0 Å². The molecule has 0 radical (unpaired) electrons. The first-order valence-electron chi connectivity index (χ1n) is 6.60. The van der Waals surface area contributed by atoms with Gasteiger partial charge in [-0.3, -0.25) is 4.79 Å². The summed E-state index contributed by atoms with van der Waals surface area (Å²) in [4.78, 5) is 11.9. The standard InChI is InChI=1S/C14H18ClFN2O/c15-12-5-3-6-13(16)11(12)8-14(19)18-10-4-1-2-7-17-9-10/h3,5-6,10,17H,1-2,4,7-9H2,(H,18,19). The number of nitrogens with one attached hydrogen (secondary N) is 2. The Kier molecular flexibility index (Phi) is 5.16. The number of hydrogen-bond acceptors (Lipinski definition) is 2. The van der Waals surface area contributed by atoms with Crippen molar-refractivity contribution < 1.29 is 9.18 Å². The number of carbonyl (C=O) groups excluding carboxylic acids is 1. The van der Waals surface area contributed by atoms with Crippen molar-refractivity contribution in [1.29, 1.82) is 0 Å². The van der Waals surface area contributed by atoms with Crippen molar-refractivity contribution in [2.24, 2.45) is 0 Å². The van der Waals surface area contributed by atoms with Gasteiger partial charge in [-0.05, 0) is 31.5 Å². The third kappa shape index (κ3) is 4.18. The summed E-state index contributed by atoms with van der Waals surface area (Å²) in [5.74, 6) is -0.609. The Morgan fingerprint density at radius 2 is 2.32 bits per heavy atom. The molecule has 1 aliphatic heterocycles. The lowest BCUT2D eigenvalue weighted by Crippen LogP contribution is -2.41. The molecule has 0 aromatic heterocycles. The van der Waals surface area contributed by atoms with Gasteiger partial charge >= 0.3 is 0 Å². The Balaban J connectivity index is 1.93. The summed E-state index contributed by atoms with van der Waals surface area (Å²) in [6, 6.07) is 4.58. The molecule has 104 valence electrons. The van der Waals surface area contributed by atoms with Gasteiger partial charge in [0.2, 0.25) is 5.91 Å². The second-order valence-electron chi connectivity index (χ2n) is 4.84. The second-order valence-corrected chi connectivity index (χ2v) is 5.25. The van der Waals surface area contributed by atoms with Crippen LogP contribution in [0.2, 0.25) is 5.02 Å². The van der Waals surface area contributed by atoms with Crippen molar-refractivity contribution in [3.05, 3.63) is 34.6 Å². The minimum Gasteiger partial charge on any atom is -0.352 e. The van der Waals surface area contributed by atoms with Crippen LogP contribution in [0.15, 0.2) is 18.2 Å². The molecule has 2 N–H and O–H groups in total. The minimum atomic E-state index is -0.429. The van der Waals surface area contributed by atoms with Crippen molar-refractivity contribution in [1.82, 2.24) is 10.6 Å². The molecule has 2 rings (SSSR count). The second kappa shape index (κ2) is 6.87. The smallest absolute Gasteiger partial charge is 0.224 e. The molecule has 1 atom stereocenters. The molecule has 1 amide bonds. The molecule has 1 aromatic carbocycles. The van der Waals surface area contributed by atoms with E-state index in [-0.39, 0.29) is 23.9 Å². The number of rotatable bonds is 3. The normalized spacial score (nSPS) is 19.8. The van der Waals surface area contributed by atoms with Crippen LogP contribution in [0, 0.1) is 5.82 Å². The largest absolute Gasteiger partial charge is 0.352 e. The van der Waals surface area contributed by atoms with Crippen LogP contribution in [0.1, 0.15) is 24.8 Å². The summed E-state index contributed by atoms with van der Waals surface area (Å²) >= 11 is 5.91. The fourth-order valence-corrected chi connectivity index (χ4v) is 2.51. The molecule has 1 heterocycles. The molecule has 0 aliphatic carbocycles. The molecule has 1 saturated heterocycles. The van der Waals surface area contributed by atoms with Crippen LogP contribution in [0.3, 0.4) is 0 Å². The van der Waals surface area contributed by atoms with Crippen molar-refractivity contribution >= 4 is 17.5 Å². The number of carbonyl (C=O) groups is 1. The highest BCUT2D eigenvalue weighted by Gasteiger charge is 2.17. The molecule has 5 heteroatoms. The van der Waals surface area contributed by atoms with Crippen LogP contribution in [-0.2, 0) is 11.2 Å². The van der Waals surface area contributed by atoms with Gasteiger partial charge in [0.1, 0.15) is 5.82 Å². The van der Waals surface area contributed by atoms with Crippen LogP contribution in [0.25, 0.3) is 0 Å². The van der Waals surface area contributed by atoms with E-state index in [1.165, 1.54) is 12.1 Å². The highest BCUT2D eigenvalue weighted by molar-refractivity contribution is 6.31. The van der Waals surface area contributed by atoms with E-state index in [4.69, 9.17) is 11.6 Å². The van der Waals surface area contributed by atoms with E-state index in [2.05, 4.69) is 10.6 Å². The Bertz CT molecular complexity index is 425. The molecule has 19 heavy (non-hydrogen) atoms. The van der Waals surface area contributed by atoms with Gasteiger partial charge in [-0.25, -0.2) is 4.39 Å². The van der Waals surface area contributed by atoms with E-state index in [0.29, 0.717) is 5.02 Å². The van der Waals surface area contributed by atoms with Gasteiger partial charge < -0.3 is 10.6 Å². The first-order valence-corrected chi connectivity index (χ1v) is 6.97.